The molecule has 1 aliphatic heterocycles. The molecule has 5 nitrogen and oxygen atoms in total. The third-order valence-electron chi connectivity index (χ3n) is 2.51. The lowest BCUT2D eigenvalue weighted by Crippen LogP contribution is -2.47. The first-order valence-corrected chi connectivity index (χ1v) is 5.15. The molecule has 86 valence electrons. The summed E-state index contributed by atoms with van der Waals surface area (Å²) in [5, 5.41) is 2.96. The lowest BCUT2D eigenvalue weighted by atomic mass is 10.2. The highest BCUT2D eigenvalue weighted by Gasteiger charge is 2.30. The van der Waals surface area contributed by atoms with Gasteiger partial charge in [0, 0.05) is 5.69 Å². The van der Waals surface area contributed by atoms with Gasteiger partial charge in [0.15, 0.2) is 6.10 Å². The number of benzene rings is 1. The predicted octanol–water partition coefficient (Wildman–Crippen LogP) is 0.560. The van der Waals surface area contributed by atoms with E-state index >= 15 is 0 Å². The Balaban J connectivity index is 2.45. The van der Waals surface area contributed by atoms with Crippen molar-refractivity contribution in [2.24, 2.45) is 0 Å². The van der Waals surface area contributed by atoms with Crippen molar-refractivity contribution >= 4 is 17.3 Å². The minimum absolute atomic E-state index is 0.0625. The van der Waals surface area contributed by atoms with Crippen LogP contribution in [0.5, 0.6) is 5.75 Å². The topological polar surface area (TPSA) is 67.6 Å². The Kier molecular flexibility index (Phi) is 2.70. The number of ether oxygens (including phenoxy) is 1. The van der Waals surface area contributed by atoms with Gasteiger partial charge in [-0.2, -0.15) is 0 Å². The van der Waals surface area contributed by atoms with Crippen LogP contribution in [0.4, 0.5) is 11.4 Å². The van der Waals surface area contributed by atoms with Gasteiger partial charge in [-0.25, -0.2) is 0 Å². The maximum Gasteiger partial charge on any atom is 0.268 e. The maximum atomic E-state index is 11.9. The number of rotatable bonds is 2. The van der Waals surface area contributed by atoms with Crippen LogP contribution < -0.4 is 20.7 Å². The van der Waals surface area contributed by atoms with Gasteiger partial charge < -0.3 is 15.8 Å². The monoisotopic (exact) mass is 221 g/mol. The van der Waals surface area contributed by atoms with Crippen molar-refractivity contribution in [3.8, 4) is 5.75 Å². The van der Waals surface area contributed by atoms with Gasteiger partial charge >= 0.3 is 0 Å². The molecule has 0 saturated carbocycles. The maximum absolute atomic E-state index is 11.9. The highest BCUT2D eigenvalue weighted by atomic mass is 16.5. The van der Waals surface area contributed by atoms with Crippen LogP contribution >= 0.6 is 0 Å². The Labute approximate surface area is 94.2 Å². The molecule has 0 aliphatic carbocycles. The van der Waals surface area contributed by atoms with Gasteiger partial charge in [0.1, 0.15) is 5.75 Å². The van der Waals surface area contributed by atoms with Gasteiger partial charge in [0.25, 0.3) is 5.91 Å². The van der Waals surface area contributed by atoms with Crippen molar-refractivity contribution in [2.45, 2.75) is 13.0 Å². The number of nitrogens with two attached hydrogens (primary N) is 1. The molecule has 1 aromatic rings. The summed E-state index contributed by atoms with van der Waals surface area (Å²) in [6, 6.07) is 5.30. The summed E-state index contributed by atoms with van der Waals surface area (Å²) in [5.41, 5.74) is 7.04. The first-order valence-electron chi connectivity index (χ1n) is 5.15. The lowest BCUT2D eigenvalue weighted by Gasteiger charge is -2.32. The summed E-state index contributed by atoms with van der Waals surface area (Å²) in [7, 11) is 1.79. The molecule has 2 rings (SSSR count). The Morgan fingerprint density at radius 3 is 3.00 bits per heavy atom. The number of carbonyl (C=O) groups excluding carboxylic acids is 1. The average molecular weight is 221 g/mol. The van der Waals surface area contributed by atoms with Gasteiger partial charge in [0.05, 0.1) is 12.4 Å². The second-order valence-corrected chi connectivity index (χ2v) is 3.77. The van der Waals surface area contributed by atoms with E-state index in [-0.39, 0.29) is 5.91 Å². The number of nitrogen functional groups attached to an aromatic ring is 1. The average Bonchev–Trinajstić information content (AvgIpc) is 2.26. The largest absolute Gasteiger partial charge is 0.479 e. The molecule has 0 aromatic heterocycles. The fraction of sp³-hybridized carbons (Fsp3) is 0.364. The second-order valence-electron chi connectivity index (χ2n) is 3.77. The first-order chi connectivity index (χ1) is 7.63. The molecule has 16 heavy (non-hydrogen) atoms. The van der Waals surface area contributed by atoms with Gasteiger partial charge in [0.2, 0.25) is 0 Å². The Bertz CT molecular complexity index is 420. The number of carbonyl (C=O) groups is 1. The third kappa shape index (κ3) is 1.69. The molecule has 0 radical (unpaired) electrons. The SMILES string of the molecule is CNCN1C(=O)C(C)Oc2ccc(N)cc21. The normalized spacial score (nSPS) is 19.2. The molecule has 1 unspecified atom stereocenters. The molecule has 0 bridgehead atoms. The Morgan fingerprint density at radius 2 is 2.31 bits per heavy atom. The van der Waals surface area contributed by atoms with E-state index in [2.05, 4.69) is 5.32 Å². The van der Waals surface area contributed by atoms with Crippen LogP contribution in [0.15, 0.2) is 18.2 Å². The number of anilines is 2. The minimum Gasteiger partial charge on any atom is -0.479 e. The zero-order valence-corrected chi connectivity index (χ0v) is 9.36. The minimum atomic E-state index is -0.454. The van der Waals surface area contributed by atoms with Crippen molar-refractivity contribution < 1.29 is 9.53 Å². The summed E-state index contributed by atoms with van der Waals surface area (Å²) in [6.07, 6.45) is -0.454. The second kappa shape index (κ2) is 4.02. The zero-order chi connectivity index (χ0) is 11.7. The van der Waals surface area contributed by atoms with Crippen LogP contribution in [0, 0.1) is 0 Å². The van der Waals surface area contributed by atoms with Crippen LogP contribution in [0.3, 0.4) is 0 Å². The molecule has 0 fully saturated rings. The number of hydrogen-bond donors (Lipinski definition) is 2. The quantitative estimate of drug-likeness (QED) is 0.716. The number of fused-ring (bicyclic) bond motifs is 1. The van der Waals surface area contributed by atoms with Crippen LogP contribution in [0.1, 0.15) is 6.92 Å². The van der Waals surface area contributed by atoms with Crippen molar-refractivity contribution in [3.05, 3.63) is 18.2 Å². The number of nitrogens with one attached hydrogen (secondary N) is 1. The fourth-order valence-electron chi connectivity index (χ4n) is 1.75. The molecule has 1 aliphatic rings. The summed E-state index contributed by atoms with van der Waals surface area (Å²) in [6.45, 7) is 2.19. The van der Waals surface area contributed by atoms with Crippen molar-refractivity contribution in [1.29, 1.82) is 0 Å². The molecular weight excluding hydrogens is 206 g/mol. The van der Waals surface area contributed by atoms with E-state index in [4.69, 9.17) is 10.5 Å². The van der Waals surface area contributed by atoms with Crippen LogP contribution in [-0.2, 0) is 4.79 Å². The van der Waals surface area contributed by atoms with E-state index in [1.165, 1.54) is 0 Å². The van der Waals surface area contributed by atoms with Crippen LogP contribution in [0.25, 0.3) is 0 Å². The summed E-state index contributed by atoms with van der Waals surface area (Å²) in [5.74, 6) is 0.629. The van der Waals surface area contributed by atoms with E-state index in [1.807, 2.05) is 0 Å². The fourth-order valence-corrected chi connectivity index (χ4v) is 1.75. The van der Waals surface area contributed by atoms with E-state index in [1.54, 1.807) is 37.1 Å². The number of hydrogen-bond acceptors (Lipinski definition) is 4. The van der Waals surface area contributed by atoms with Crippen molar-refractivity contribution in [1.82, 2.24) is 5.32 Å². The molecule has 1 atom stereocenters. The summed E-state index contributed by atoms with van der Waals surface area (Å²) < 4.78 is 5.50. The van der Waals surface area contributed by atoms with Gasteiger partial charge in [-0.05, 0) is 32.2 Å². The standard InChI is InChI=1S/C11H15N3O2/c1-7-11(15)14(6-13-2)9-5-8(12)3-4-10(9)16-7/h3-5,7,13H,6,12H2,1-2H3. The third-order valence-corrected chi connectivity index (χ3v) is 2.51. The Morgan fingerprint density at radius 1 is 1.56 bits per heavy atom. The number of amides is 1. The smallest absolute Gasteiger partial charge is 0.268 e. The molecule has 3 N–H and O–H groups in total. The van der Waals surface area contributed by atoms with Gasteiger partial charge in [-0.1, -0.05) is 0 Å². The Hall–Kier alpha value is -1.75. The van der Waals surface area contributed by atoms with Gasteiger partial charge in [-0.15, -0.1) is 0 Å². The molecule has 5 heteroatoms. The van der Waals surface area contributed by atoms with E-state index in [9.17, 15) is 4.79 Å². The van der Waals surface area contributed by atoms with Gasteiger partial charge in [-0.3, -0.25) is 9.69 Å². The summed E-state index contributed by atoms with van der Waals surface area (Å²) >= 11 is 0. The van der Waals surface area contributed by atoms with Crippen LogP contribution in [-0.4, -0.2) is 25.7 Å². The predicted molar refractivity (Wildman–Crippen MR) is 62.4 cm³/mol. The molecule has 1 heterocycles. The van der Waals surface area contributed by atoms with E-state index in [0.717, 1.165) is 5.69 Å². The lowest BCUT2D eigenvalue weighted by molar-refractivity contribution is -0.125. The highest BCUT2D eigenvalue weighted by molar-refractivity contribution is 6.00. The van der Waals surface area contributed by atoms with E-state index in [0.29, 0.717) is 18.1 Å². The molecular formula is C11H15N3O2. The highest BCUT2D eigenvalue weighted by Crippen LogP contribution is 2.35. The van der Waals surface area contributed by atoms with Crippen LogP contribution in [0.2, 0.25) is 0 Å². The zero-order valence-electron chi connectivity index (χ0n) is 9.36. The molecule has 1 amide bonds. The first kappa shape index (κ1) is 10.8. The summed E-state index contributed by atoms with van der Waals surface area (Å²) in [4.78, 5) is 13.5. The number of nitrogens with zero attached hydrogens (tertiary/aromatic N) is 1. The van der Waals surface area contributed by atoms with E-state index < -0.39 is 6.10 Å². The molecule has 1 aromatic carbocycles. The molecule has 0 saturated heterocycles. The molecule has 0 spiro atoms. The van der Waals surface area contributed by atoms with Crippen molar-refractivity contribution in [3.63, 3.8) is 0 Å². The van der Waals surface area contributed by atoms with Crippen molar-refractivity contribution in [2.75, 3.05) is 24.3 Å².